The van der Waals surface area contributed by atoms with Crippen LogP contribution in [0.1, 0.15) is 48.9 Å². The molecule has 0 fully saturated rings. The van der Waals surface area contributed by atoms with E-state index in [9.17, 15) is 0 Å². The first kappa shape index (κ1) is 14.6. The van der Waals surface area contributed by atoms with Gasteiger partial charge in [0.2, 0.25) is 0 Å². The van der Waals surface area contributed by atoms with Gasteiger partial charge >= 0.3 is 0 Å². The molecule has 0 spiro atoms. The van der Waals surface area contributed by atoms with Crippen molar-refractivity contribution in [3.63, 3.8) is 0 Å². The maximum Gasteiger partial charge on any atom is 0.0386 e. The predicted octanol–water partition coefficient (Wildman–Crippen LogP) is 4.23. The molecule has 0 aliphatic carbocycles. The number of thioether (sulfide) groups is 1. The van der Waals surface area contributed by atoms with Crippen LogP contribution in [0.3, 0.4) is 0 Å². The fourth-order valence-electron chi connectivity index (χ4n) is 1.76. The Balaban J connectivity index is 2.36. The molecule has 1 nitrogen and oxygen atoms in total. The summed E-state index contributed by atoms with van der Waals surface area (Å²) in [6, 6.07) is 6.75. The molecule has 1 unspecified atom stereocenters. The van der Waals surface area contributed by atoms with Crippen molar-refractivity contribution in [3.8, 4) is 0 Å². The molecule has 96 valence electrons. The van der Waals surface area contributed by atoms with Crippen LogP contribution in [0.15, 0.2) is 18.2 Å². The van der Waals surface area contributed by atoms with Gasteiger partial charge in [-0.15, -0.1) is 0 Å². The molecule has 0 bridgehead atoms. The van der Waals surface area contributed by atoms with Crippen LogP contribution in [0.5, 0.6) is 0 Å². The summed E-state index contributed by atoms with van der Waals surface area (Å²) in [6.45, 7) is 6.54. The van der Waals surface area contributed by atoms with Gasteiger partial charge in [0.1, 0.15) is 0 Å². The summed E-state index contributed by atoms with van der Waals surface area (Å²) >= 11 is 1.98. The van der Waals surface area contributed by atoms with Crippen LogP contribution in [0.2, 0.25) is 0 Å². The Kier molecular flexibility index (Phi) is 6.68. The third kappa shape index (κ3) is 5.13. The fourth-order valence-corrected chi connectivity index (χ4v) is 2.78. The minimum atomic E-state index is 0.181. The summed E-state index contributed by atoms with van der Waals surface area (Å²) < 4.78 is 0. The normalized spacial score (nSPS) is 12.7. The average Bonchev–Trinajstić information content (AvgIpc) is 2.32. The summed E-state index contributed by atoms with van der Waals surface area (Å²) in [5.74, 6) is 2.28. The van der Waals surface area contributed by atoms with Crippen LogP contribution in [-0.4, -0.2) is 11.5 Å². The Labute approximate surface area is 110 Å². The molecule has 0 radical (unpaired) electrons. The molecule has 0 saturated carbocycles. The van der Waals surface area contributed by atoms with Crippen LogP contribution in [-0.2, 0) is 0 Å². The molecular weight excluding hydrogens is 226 g/mol. The second kappa shape index (κ2) is 7.78. The molecule has 1 rings (SSSR count). The van der Waals surface area contributed by atoms with Crippen molar-refractivity contribution in [3.05, 3.63) is 34.9 Å². The van der Waals surface area contributed by atoms with E-state index in [0.717, 1.165) is 5.75 Å². The van der Waals surface area contributed by atoms with E-state index in [0.29, 0.717) is 0 Å². The summed E-state index contributed by atoms with van der Waals surface area (Å²) in [5.41, 5.74) is 10.2. The molecule has 0 heterocycles. The fraction of sp³-hybridized carbons (Fsp3) is 0.600. The molecule has 1 atom stereocenters. The van der Waals surface area contributed by atoms with Crippen molar-refractivity contribution < 1.29 is 0 Å². The minimum Gasteiger partial charge on any atom is -0.323 e. The molecule has 1 aromatic carbocycles. The van der Waals surface area contributed by atoms with Gasteiger partial charge in [0.15, 0.2) is 0 Å². The highest BCUT2D eigenvalue weighted by Crippen LogP contribution is 2.19. The zero-order chi connectivity index (χ0) is 12.7. The van der Waals surface area contributed by atoms with E-state index in [4.69, 9.17) is 5.73 Å². The number of aryl methyl sites for hydroxylation is 2. The number of unbranched alkanes of at least 4 members (excludes halogenated alkanes) is 2. The van der Waals surface area contributed by atoms with E-state index in [2.05, 4.69) is 39.0 Å². The molecular formula is C15H25NS. The molecule has 0 saturated heterocycles. The van der Waals surface area contributed by atoms with Crippen molar-refractivity contribution in [2.75, 3.05) is 11.5 Å². The first-order chi connectivity index (χ1) is 8.15. The van der Waals surface area contributed by atoms with Crippen LogP contribution in [0.25, 0.3) is 0 Å². The maximum atomic E-state index is 6.21. The van der Waals surface area contributed by atoms with E-state index in [1.54, 1.807) is 0 Å². The van der Waals surface area contributed by atoms with Crippen molar-refractivity contribution in [1.29, 1.82) is 0 Å². The Morgan fingerprint density at radius 2 is 1.94 bits per heavy atom. The maximum absolute atomic E-state index is 6.21. The van der Waals surface area contributed by atoms with Gasteiger partial charge in [-0.1, -0.05) is 38.0 Å². The summed E-state index contributed by atoms with van der Waals surface area (Å²) in [4.78, 5) is 0. The van der Waals surface area contributed by atoms with E-state index in [1.807, 2.05) is 11.8 Å². The largest absolute Gasteiger partial charge is 0.323 e. The molecule has 0 aliphatic rings. The van der Waals surface area contributed by atoms with Gasteiger partial charge < -0.3 is 5.73 Å². The van der Waals surface area contributed by atoms with Crippen LogP contribution in [0, 0.1) is 13.8 Å². The molecule has 2 heteroatoms. The minimum absolute atomic E-state index is 0.181. The summed E-state index contributed by atoms with van der Waals surface area (Å²) in [7, 11) is 0. The second-order valence-corrected chi connectivity index (χ2v) is 5.88. The average molecular weight is 251 g/mol. The SMILES string of the molecule is CCCCCSCC(N)c1ccc(C)c(C)c1. The van der Waals surface area contributed by atoms with Crippen molar-refractivity contribution in [2.24, 2.45) is 5.73 Å². The third-order valence-electron chi connectivity index (χ3n) is 3.15. The molecule has 2 N–H and O–H groups in total. The molecule has 1 aromatic rings. The smallest absolute Gasteiger partial charge is 0.0386 e. The quantitative estimate of drug-likeness (QED) is 0.734. The van der Waals surface area contributed by atoms with E-state index < -0.39 is 0 Å². The lowest BCUT2D eigenvalue weighted by atomic mass is 10.0. The van der Waals surface area contributed by atoms with Gasteiger partial charge in [-0.05, 0) is 42.7 Å². The lowest BCUT2D eigenvalue weighted by molar-refractivity contribution is 0.775. The number of rotatable bonds is 7. The van der Waals surface area contributed by atoms with Gasteiger partial charge in [0.05, 0.1) is 0 Å². The number of nitrogens with two attached hydrogens (primary N) is 1. The topological polar surface area (TPSA) is 26.0 Å². The van der Waals surface area contributed by atoms with Crippen LogP contribution < -0.4 is 5.73 Å². The lowest BCUT2D eigenvalue weighted by Gasteiger charge is -2.13. The predicted molar refractivity (Wildman–Crippen MR) is 79.7 cm³/mol. The molecule has 0 aliphatic heterocycles. The summed E-state index contributed by atoms with van der Waals surface area (Å²) in [5, 5.41) is 0. The monoisotopic (exact) mass is 251 g/mol. The van der Waals surface area contributed by atoms with Gasteiger partial charge in [0, 0.05) is 11.8 Å². The summed E-state index contributed by atoms with van der Waals surface area (Å²) in [6.07, 6.45) is 3.95. The Hall–Kier alpha value is -0.470. The molecule has 17 heavy (non-hydrogen) atoms. The first-order valence-corrected chi connectivity index (χ1v) is 7.71. The van der Waals surface area contributed by atoms with E-state index in [-0.39, 0.29) is 6.04 Å². The highest BCUT2D eigenvalue weighted by molar-refractivity contribution is 7.99. The van der Waals surface area contributed by atoms with Gasteiger partial charge in [-0.25, -0.2) is 0 Å². The van der Waals surface area contributed by atoms with Gasteiger partial charge in [-0.2, -0.15) is 11.8 Å². The van der Waals surface area contributed by atoms with E-state index >= 15 is 0 Å². The van der Waals surface area contributed by atoms with Crippen molar-refractivity contribution >= 4 is 11.8 Å². The highest BCUT2D eigenvalue weighted by Gasteiger charge is 2.06. The van der Waals surface area contributed by atoms with Gasteiger partial charge in [0.25, 0.3) is 0 Å². The number of benzene rings is 1. The number of hydrogen-bond donors (Lipinski definition) is 1. The zero-order valence-corrected chi connectivity index (χ0v) is 12.1. The molecule has 0 aromatic heterocycles. The third-order valence-corrected chi connectivity index (χ3v) is 4.32. The lowest BCUT2D eigenvalue weighted by Crippen LogP contribution is -2.13. The molecule has 0 amide bonds. The number of hydrogen-bond acceptors (Lipinski definition) is 2. The Morgan fingerprint density at radius 1 is 1.18 bits per heavy atom. The second-order valence-electron chi connectivity index (χ2n) is 4.73. The van der Waals surface area contributed by atoms with Crippen molar-refractivity contribution in [2.45, 2.75) is 46.1 Å². The first-order valence-electron chi connectivity index (χ1n) is 6.55. The zero-order valence-electron chi connectivity index (χ0n) is 11.3. The van der Waals surface area contributed by atoms with Crippen molar-refractivity contribution in [1.82, 2.24) is 0 Å². The van der Waals surface area contributed by atoms with Crippen LogP contribution >= 0.6 is 11.8 Å². The Morgan fingerprint density at radius 3 is 2.59 bits per heavy atom. The van der Waals surface area contributed by atoms with E-state index in [1.165, 1.54) is 41.7 Å². The Bertz CT molecular complexity index is 336. The highest BCUT2D eigenvalue weighted by atomic mass is 32.2. The standard InChI is InChI=1S/C15H25NS/c1-4-5-6-9-17-11-15(16)14-8-7-12(2)13(3)10-14/h7-8,10,15H,4-6,9,11,16H2,1-3H3. The van der Waals surface area contributed by atoms with Crippen LogP contribution in [0.4, 0.5) is 0 Å². The van der Waals surface area contributed by atoms with Gasteiger partial charge in [-0.3, -0.25) is 0 Å².